The van der Waals surface area contributed by atoms with Crippen molar-refractivity contribution in [1.29, 1.82) is 0 Å². The molecule has 1 amide bonds. The third-order valence-corrected chi connectivity index (χ3v) is 2.37. The molecule has 0 aliphatic heterocycles. The van der Waals surface area contributed by atoms with Gasteiger partial charge in [0.05, 0.1) is 0 Å². The number of carbonyl (C=O) groups is 1. The molecule has 0 unspecified atom stereocenters. The Morgan fingerprint density at radius 1 is 1.41 bits per heavy atom. The maximum Gasteiger partial charge on any atom is 0.271 e. The van der Waals surface area contributed by atoms with Gasteiger partial charge in [0.25, 0.3) is 5.91 Å². The van der Waals surface area contributed by atoms with Crippen molar-refractivity contribution in [2.45, 2.75) is 33.6 Å². The first-order chi connectivity index (χ1) is 8.09. The smallest absolute Gasteiger partial charge is 0.267 e. The van der Waals surface area contributed by atoms with Crippen LogP contribution < -0.4 is 5.43 Å². The molecule has 1 aromatic rings. The van der Waals surface area contributed by atoms with Crippen LogP contribution in [-0.4, -0.2) is 16.6 Å². The molecule has 0 saturated carbocycles. The predicted octanol–water partition coefficient (Wildman–Crippen LogP) is 2.62. The summed E-state index contributed by atoms with van der Waals surface area (Å²) in [6.45, 7) is 6.26. The second-order valence-electron chi connectivity index (χ2n) is 4.46. The van der Waals surface area contributed by atoms with Gasteiger partial charge in [-0.1, -0.05) is 13.8 Å². The Morgan fingerprint density at radius 3 is 2.65 bits per heavy atom. The van der Waals surface area contributed by atoms with Crippen LogP contribution in [0.3, 0.4) is 0 Å². The first-order valence-electron chi connectivity index (χ1n) is 5.83. The van der Waals surface area contributed by atoms with Crippen LogP contribution in [0.2, 0.25) is 0 Å². The lowest BCUT2D eigenvalue weighted by atomic mass is 10.1. The van der Waals surface area contributed by atoms with Crippen molar-refractivity contribution in [2.75, 3.05) is 0 Å². The van der Waals surface area contributed by atoms with Crippen LogP contribution in [0, 0.1) is 5.92 Å². The molecule has 1 heterocycles. The average Bonchev–Trinajstić information content (AvgIpc) is 2.34. The summed E-state index contributed by atoms with van der Waals surface area (Å²) < 4.78 is 0. The Hall–Kier alpha value is -1.71. The summed E-state index contributed by atoms with van der Waals surface area (Å²) in [6.07, 6.45) is 5.17. The van der Waals surface area contributed by atoms with E-state index in [1.165, 1.54) is 0 Å². The van der Waals surface area contributed by atoms with E-state index in [1.807, 2.05) is 6.92 Å². The van der Waals surface area contributed by atoms with E-state index in [9.17, 15) is 4.79 Å². The highest BCUT2D eigenvalue weighted by Crippen LogP contribution is 2.04. The fourth-order valence-corrected chi connectivity index (χ4v) is 1.27. The van der Waals surface area contributed by atoms with Gasteiger partial charge < -0.3 is 0 Å². The van der Waals surface area contributed by atoms with E-state index >= 15 is 0 Å². The van der Waals surface area contributed by atoms with Crippen LogP contribution in [0.4, 0.5) is 0 Å². The van der Waals surface area contributed by atoms with Crippen LogP contribution in [-0.2, 0) is 0 Å². The van der Waals surface area contributed by atoms with E-state index in [-0.39, 0.29) is 5.91 Å². The number of hydrogen-bond acceptors (Lipinski definition) is 3. The van der Waals surface area contributed by atoms with Gasteiger partial charge in [-0.2, -0.15) is 5.10 Å². The number of nitrogens with one attached hydrogen (secondary N) is 1. The lowest BCUT2D eigenvalue weighted by Crippen LogP contribution is -2.19. The van der Waals surface area contributed by atoms with Crippen molar-refractivity contribution in [3.05, 3.63) is 30.1 Å². The Bertz CT molecular complexity index is 385. The summed E-state index contributed by atoms with van der Waals surface area (Å²) in [5.41, 5.74) is 4.06. The maximum atomic E-state index is 11.6. The molecule has 0 atom stereocenters. The summed E-state index contributed by atoms with van der Waals surface area (Å²) in [7, 11) is 0. The number of hydrazone groups is 1. The molecule has 4 heteroatoms. The molecule has 1 aromatic heterocycles. The number of aromatic nitrogens is 1. The van der Waals surface area contributed by atoms with Crippen LogP contribution >= 0.6 is 0 Å². The van der Waals surface area contributed by atoms with Crippen molar-refractivity contribution >= 4 is 11.6 Å². The van der Waals surface area contributed by atoms with Crippen LogP contribution in [0.15, 0.2) is 29.6 Å². The summed E-state index contributed by atoms with van der Waals surface area (Å²) in [4.78, 5) is 15.5. The van der Waals surface area contributed by atoms with Gasteiger partial charge in [0, 0.05) is 23.7 Å². The number of pyridine rings is 1. The SMILES string of the molecule is C/C(CCC(C)C)=N\NC(=O)c1ccncc1. The second-order valence-corrected chi connectivity index (χ2v) is 4.46. The van der Waals surface area contributed by atoms with E-state index < -0.39 is 0 Å². The fourth-order valence-electron chi connectivity index (χ4n) is 1.27. The minimum atomic E-state index is -0.198. The first kappa shape index (κ1) is 13.4. The highest BCUT2D eigenvalue weighted by molar-refractivity contribution is 5.95. The molecule has 1 rings (SSSR count). The van der Waals surface area contributed by atoms with E-state index in [1.54, 1.807) is 24.5 Å². The lowest BCUT2D eigenvalue weighted by Gasteiger charge is -2.04. The maximum absolute atomic E-state index is 11.6. The van der Waals surface area contributed by atoms with Gasteiger partial charge in [0.15, 0.2) is 0 Å². The first-order valence-corrected chi connectivity index (χ1v) is 5.83. The van der Waals surface area contributed by atoms with Gasteiger partial charge >= 0.3 is 0 Å². The molecule has 0 saturated heterocycles. The molecular formula is C13H19N3O. The Balaban J connectivity index is 2.44. The third-order valence-electron chi connectivity index (χ3n) is 2.37. The van der Waals surface area contributed by atoms with Gasteiger partial charge in [0.1, 0.15) is 0 Å². The number of amides is 1. The summed E-state index contributed by atoms with van der Waals surface area (Å²) in [6, 6.07) is 3.32. The van der Waals surface area contributed by atoms with Crippen LogP contribution in [0.1, 0.15) is 44.0 Å². The number of rotatable bonds is 5. The molecule has 0 spiro atoms. The molecule has 17 heavy (non-hydrogen) atoms. The van der Waals surface area contributed by atoms with Gasteiger partial charge in [-0.05, 0) is 37.8 Å². The highest BCUT2D eigenvalue weighted by atomic mass is 16.2. The average molecular weight is 233 g/mol. The highest BCUT2D eigenvalue weighted by Gasteiger charge is 2.03. The Kier molecular flexibility index (Phi) is 5.33. The Labute approximate surface area is 102 Å². The molecule has 0 aromatic carbocycles. The standard InChI is InChI=1S/C13H19N3O/c1-10(2)4-5-11(3)15-16-13(17)12-6-8-14-9-7-12/h6-10H,4-5H2,1-3H3,(H,16,17)/b15-11+. The van der Waals surface area contributed by atoms with Crippen molar-refractivity contribution in [3.63, 3.8) is 0 Å². The third kappa shape index (κ3) is 5.24. The molecule has 0 radical (unpaired) electrons. The van der Waals surface area contributed by atoms with E-state index in [2.05, 4.69) is 29.4 Å². The zero-order valence-corrected chi connectivity index (χ0v) is 10.6. The van der Waals surface area contributed by atoms with Crippen molar-refractivity contribution < 1.29 is 4.79 Å². The van der Waals surface area contributed by atoms with Crippen molar-refractivity contribution in [1.82, 2.24) is 10.4 Å². The predicted molar refractivity (Wildman–Crippen MR) is 68.9 cm³/mol. The quantitative estimate of drug-likeness (QED) is 0.628. The molecule has 0 aliphatic carbocycles. The minimum Gasteiger partial charge on any atom is -0.267 e. The molecule has 0 bridgehead atoms. The molecule has 4 nitrogen and oxygen atoms in total. The topological polar surface area (TPSA) is 54.4 Å². The zero-order valence-electron chi connectivity index (χ0n) is 10.6. The number of hydrogen-bond donors (Lipinski definition) is 1. The van der Waals surface area contributed by atoms with Gasteiger partial charge in [-0.15, -0.1) is 0 Å². The summed E-state index contributed by atoms with van der Waals surface area (Å²) in [5, 5.41) is 4.07. The summed E-state index contributed by atoms with van der Waals surface area (Å²) in [5.74, 6) is 0.451. The van der Waals surface area contributed by atoms with E-state index in [0.717, 1.165) is 18.6 Å². The monoisotopic (exact) mass is 233 g/mol. The normalized spacial score (nSPS) is 11.6. The largest absolute Gasteiger partial charge is 0.271 e. The van der Waals surface area contributed by atoms with Crippen molar-refractivity contribution in [3.8, 4) is 0 Å². The molecule has 1 N–H and O–H groups in total. The minimum absolute atomic E-state index is 0.198. The molecule has 0 aliphatic rings. The molecule has 92 valence electrons. The fraction of sp³-hybridized carbons (Fsp3) is 0.462. The van der Waals surface area contributed by atoms with E-state index in [0.29, 0.717) is 11.5 Å². The van der Waals surface area contributed by atoms with Gasteiger partial charge in [0.2, 0.25) is 0 Å². The van der Waals surface area contributed by atoms with Crippen LogP contribution in [0.25, 0.3) is 0 Å². The molecule has 0 fully saturated rings. The van der Waals surface area contributed by atoms with Crippen molar-refractivity contribution in [2.24, 2.45) is 11.0 Å². The van der Waals surface area contributed by atoms with Crippen LogP contribution in [0.5, 0.6) is 0 Å². The number of carbonyl (C=O) groups excluding carboxylic acids is 1. The van der Waals surface area contributed by atoms with Gasteiger partial charge in [-0.3, -0.25) is 9.78 Å². The van der Waals surface area contributed by atoms with Gasteiger partial charge in [-0.25, -0.2) is 5.43 Å². The molecular weight excluding hydrogens is 214 g/mol. The summed E-state index contributed by atoms with van der Waals surface area (Å²) >= 11 is 0. The second kappa shape index (κ2) is 6.78. The van der Waals surface area contributed by atoms with E-state index in [4.69, 9.17) is 0 Å². The number of nitrogens with zero attached hydrogens (tertiary/aromatic N) is 2. The Morgan fingerprint density at radius 2 is 2.06 bits per heavy atom. The lowest BCUT2D eigenvalue weighted by molar-refractivity contribution is 0.0954. The zero-order chi connectivity index (χ0) is 12.7.